The molecule has 0 aliphatic carbocycles. The monoisotopic (exact) mass is 569 g/mol. The fraction of sp³-hybridized carbons (Fsp3) is 0.0952. The van der Waals surface area contributed by atoms with Crippen LogP contribution in [0.2, 0.25) is 0 Å². The standard InChI is InChI=1S/C38H28B.C4H12N/c1-2-39(36-24-18-33(19-25-36)30-12-6-3-7-13-30,37-26-20-34(21-27-37)31-14-8-4-9-15-31)38-28-22-35(23-29-38)32-16-10-5-11-17-32;1-5(2,3)4/h1,3-29H;1-4H3/q-1;+1. The fourth-order valence-electron chi connectivity index (χ4n) is 5.65. The predicted molar refractivity (Wildman–Crippen MR) is 193 cm³/mol. The molecule has 0 fully saturated rings. The molecule has 2 heteroatoms. The Kier molecular flexibility index (Phi) is 9.30. The van der Waals surface area contributed by atoms with Crippen molar-refractivity contribution in [2.75, 3.05) is 28.2 Å². The molecular weight excluding hydrogens is 529 g/mol. The molecule has 216 valence electrons. The van der Waals surface area contributed by atoms with Crippen molar-refractivity contribution in [3.63, 3.8) is 0 Å². The van der Waals surface area contributed by atoms with Crippen LogP contribution in [0.5, 0.6) is 0 Å². The Labute approximate surface area is 264 Å². The van der Waals surface area contributed by atoms with Crippen molar-refractivity contribution in [3.05, 3.63) is 164 Å². The smallest absolute Gasteiger partial charge is 0.148 e. The predicted octanol–water partition coefficient (Wildman–Crippen LogP) is 7.65. The molecule has 0 spiro atoms. The van der Waals surface area contributed by atoms with E-state index in [0.717, 1.165) is 20.9 Å². The lowest BCUT2D eigenvalue weighted by molar-refractivity contribution is -0.849. The van der Waals surface area contributed by atoms with Crippen molar-refractivity contribution >= 4 is 22.5 Å². The molecule has 6 aromatic carbocycles. The summed E-state index contributed by atoms with van der Waals surface area (Å²) in [6.45, 7) is 0. The molecular formula is C42H40BN. The number of quaternary nitrogens is 1. The van der Waals surface area contributed by atoms with Gasteiger partial charge in [-0.2, -0.15) is 22.8 Å². The van der Waals surface area contributed by atoms with Gasteiger partial charge in [-0.05, 0) is 33.4 Å². The first kappa shape index (κ1) is 30.4. The third kappa shape index (κ3) is 7.09. The molecule has 0 N–H and O–H groups in total. The van der Waals surface area contributed by atoms with Crippen LogP contribution in [-0.2, 0) is 0 Å². The van der Waals surface area contributed by atoms with Crippen LogP contribution in [0.3, 0.4) is 0 Å². The summed E-state index contributed by atoms with van der Waals surface area (Å²) in [5.41, 5.74) is 10.5. The zero-order valence-electron chi connectivity index (χ0n) is 26.2. The van der Waals surface area contributed by atoms with Gasteiger partial charge >= 0.3 is 0 Å². The lowest BCUT2D eigenvalue weighted by Gasteiger charge is -2.39. The minimum atomic E-state index is -1.64. The van der Waals surface area contributed by atoms with Crippen molar-refractivity contribution in [1.82, 2.24) is 0 Å². The van der Waals surface area contributed by atoms with Crippen molar-refractivity contribution in [2.24, 2.45) is 0 Å². The minimum absolute atomic E-state index is 1.00. The SMILES string of the molecule is C#C[B-](c1ccc(-c2ccccc2)cc1)(c1ccc(-c2ccccc2)cc1)c1ccc(-c2ccccc2)cc1.C[N+](C)(C)C. The Morgan fingerprint density at radius 1 is 0.364 bits per heavy atom. The van der Waals surface area contributed by atoms with Gasteiger partial charge in [0.05, 0.1) is 28.2 Å². The van der Waals surface area contributed by atoms with E-state index in [1.54, 1.807) is 0 Å². The van der Waals surface area contributed by atoms with E-state index < -0.39 is 6.15 Å². The number of terminal acetylenes is 1. The summed E-state index contributed by atoms with van der Waals surface area (Å²) in [7, 11) is 8.50. The van der Waals surface area contributed by atoms with Gasteiger partial charge in [-0.25, -0.2) is 0 Å². The van der Waals surface area contributed by atoms with Crippen LogP contribution >= 0.6 is 0 Å². The van der Waals surface area contributed by atoms with Crippen LogP contribution in [0.4, 0.5) is 0 Å². The molecule has 44 heavy (non-hydrogen) atoms. The molecule has 0 saturated carbocycles. The average Bonchev–Trinajstić information content (AvgIpc) is 3.07. The maximum Gasteiger partial charge on any atom is 0.148 e. The number of hydrogen-bond acceptors (Lipinski definition) is 0. The van der Waals surface area contributed by atoms with Crippen molar-refractivity contribution in [1.29, 1.82) is 0 Å². The molecule has 0 saturated heterocycles. The summed E-state index contributed by atoms with van der Waals surface area (Å²) in [6, 6.07) is 57.8. The third-order valence-electron chi connectivity index (χ3n) is 7.80. The second-order valence-electron chi connectivity index (χ2n) is 12.7. The summed E-state index contributed by atoms with van der Waals surface area (Å²) in [5, 5.41) is 0. The highest BCUT2D eigenvalue weighted by molar-refractivity contribution is 7.16. The first-order valence-electron chi connectivity index (χ1n) is 15.2. The van der Waals surface area contributed by atoms with Gasteiger partial charge in [0.25, 0.3) is 0 Å². The normalized spacial score (nSPS) is 11.2. The van der Waals surface area contributed by atoms with Gasteiger partial charge in [0.15, 0.2) is 0 Å². The fourth-order valence-corrected chi connectivity index (χ4v) is 5.65. The number of benzene rings is 6. The largest absolute Gasteiger partial charge is 0.333 e. The maximum absolute atomic E-state index is 6.53. The second kappa shape index (κ2) is 13.5. The summed E-state index contributed by atoms with van der Waals surface area (Å²) < 4.78 is 1.00. The van der Waals surface area contributed by atoms with Crippen LogP contribution in [0.15, 0.2) is 164 Å². The van der Waals surface area contributed by atoms with E-state index in [-0.39, 0.29) is 0 Å². The molecule has 0 aliphatic heterocycles. The van der Waals surface area contributed by atoms with Crippen LogP contribution in [-0.4, -0.2) is 38.8 Å². The quantitative estimate of drug-likeness (QED) is 0.110. The van der Waals surface area contributed by atoms with Crippen molar-refractivity contribution in [3.8, 4) is 45.6 Å². The first-order valence-corrected chi connectivity index (χ1v) is 15.2. The van der Waals surface area contributed by atoms with Gasteiger partial charge in [0, 0.05) is 0 Å². The van der Waals surface area contributed by atoms with Crippen LogP contribution in [0.1, 0.15) is 0 Å². The van der Waals surface area contributed by atoms with Crippen LogP contribution in [0, 0.1) is 12.2 Å². The lowest BCUT2D eigenvalue weighted by Crippen LogP contribution is -2.66. The Bertz CT molecular complexity index is 1590. The Morgan fingerprint density at radius 3 is 0.773 bits per heavy atom. The van der Waals surface area contributed by atoms with Gasteiger partial charge in [-0.15, -0.1) is 0 Å². The zero-order valence-corrected chi connectivity index (χ0v) is 26.2. The molecule has 0 amide bonds. The van der Waals surface area contributed by atoms with Crippen molar-refractivity contribution in [2.45, 2.75) is 0 Å². The number of nitrogens with zero attached hydrogens (tertiary/aromatic N) is 1. The summed E-state index contributed by atoms with van der Waals surface area (Å²) in [4.78, 5) is 0. The Hall–Kier alpha value is -5.10. The average molecular weight is 570 g/mol. The van der Waals surface area contributed by atoms with Gasteiger partial charge < -0.3 is 10.3 Å². The third-order valence-corrected chi connectivity index (χ3v) is 7.80. The molecule has 0 unspecified atom stereocenters. The van der Waals surface area contributed by atoms with E-state index in [2.05, 4.69) is 180 Å². The molecule has 1 nitrogen and oxygen atoms in total. The summed E-state index contributed by atoms with van der Waals surface area (Å²) in [6.07, 6.45) is 4.89. The van der Waals surface area contributed by atoms with Gasteiger partial charge in [-0.1, -0.05) is 164 Å². The first-order chi connectivity index (χ1) is 21.3. The number of rotatable bonds is 6. The molecule has 0 aromatic heterocycles. The molecule has 0 bridgehead atoms. The van der Waals surface area contributed by atoms with E-state index in [1.165, 1.54) is 33.4 Å². The van der Waals surface area contributed by atoms with Gasteiger partial charge in [0.1, 0.15) is 6.15 Å². The summed E-state index contributed by atoms with van der Waals surface area (Å²) in [5.74, 6) is 3.30. The highest BCUT2D eigenvalue weighted by atomic mass is 15.2. The van der Waals surface area contributed by atoms with Gasteiger partial charge in [0.2, 0.25) is 0 Å². The molecule has 0 atom stereocenters. The van der Waals surface area contributed by atoms with E-state index in [1.807, 2.05) is 18.2 Å². The maximum atomic E-state index is 6.53. The zero-order chi connectivity index (χ0) is 31.0. The van der Waals surface area contributed by atoms with Crippen LogP contribution < -0.4 is 16.4 Å². The van der Waals surface area contributed by atoms with E-state index in [0.29, 0.717) is 0 Å². The highest BCUT2D eigenvalue weighted by Crippen LogP contribution is 2.22. The van der Waals surface area contributed by atoms with E-state index >= 15 is 0 Å². The van der Waals surface area contributed by atoms with Crippen LogP contribution in [0.25, 0.3) is 33.4 Å². The Morgan fingerprint density at radius 2 is 0.568 bits per heavy atom. The van der Waals surface area contributed by atoms with E-state index in [9.17, 15) is 0 Å². The molecule has 6 rings (SSSR count). The highest BCUT2D eigenvalue weighted by Gasteiger charge is 2.28. The van der Waals surface area contributed by atoms with E-state index in [4.69, 9.17) is 6.42 Å². The van der Waals surface area contributed by atoms with Gasteiger partial charge in [-0.3, -0.25) is 0 Å². The lowest BCUT2D eigenvalue weighted by atomic mass is 9.16. The summed E-state index contributed by atoms with van der Waals surface area (Å²) >= 11 is 0. The topological polar surface area (TPSA) is 0 Å². The molecule has 0 radical (unpaired) electrons. The molecule has 0 heterocycles. The number of hydrogen-bond donors (Lipinski definition) is 0. The second-order valence-corrected chi connectivity index (χ2v) is 12.7. The molecule has 0 aliphatic rings. The molecule has 6 aromatic rings. The Balaban J connectivity index is 0.000000712. The minimum Gasteiger partial charge on any atom is -0.333 e. The van der Waals surface area contributed by atoms with Crippen molar-refractivity contribution < 1.29 is 4.48 Å².